The highest BCUT2D eigenvalue weighted by Crippen LogP contribution is 2.30. The van der Waals surface area contributed by atoms with Gasteiger partial charge in [-0.15, -0.1) is 0 Å². The zero-order valence-electron chi connectivity index (χ0n) is 15.7. The third-order valence-electron chi connectivity index (χ3n) is 4.64. The summed E-state index contributed by atoms with van der Waals surface area (Å²) >= 11 is 0. The fourth-order valence-electron chi connectivity index (χ4n) is 3.24. The van der Waals surface area contributed by atoms with Crippen molar-refractivity contribution in [3.05, 3.63) is 35.4 Å². The number of guanidine groups is 1. The molecule has 7 heteroatoms. The predicted octanol–water partition coefficient (Wildman–Crippen LogP) is 3.66. The van der Waals surface area contributed by atoms with Gasteiger partial charge in [0.25, 0.3) is 0 Å². The minimum absolute atomic E-state index is 0.274. The fourth-order valence-corrected chi connectivity index (χ4v) is 3.24. The van der Waals surface area contributed by atoms with Crippen LogP contribution in [-0.4, -0.2) is 44.1 Å². The summed E-state index contributed by atoms with van der Waals surface area (Å²) in [6, 6.07) is 5.15. The highest BCUT2D eigenvalue weighted by atomic mass is 19.4. The summed E-state index contributed by atoms with van der Waals surface area (Å²) in [5.41, 5.74) is -0.0429. The van der Waals surface area contributed by atoms with E-state index in [4.69, 9.17) is 0 Å². The molecule has 0 spiro atoms. The second kappa shape index (κ2) is 9.26. The minimum atomic E-state index is -4.33. The molecule has 1 aromatic carbocycles. The number of nitrogens with zero attached hydrogens (tertiary/aromatic N) is 2. The quantitative estimate of drug-likeness (QED) is 0.614. The molecule has 1 aromatic rings. The first kappa shape index (κ1) is 20.6. The Morgan fingerprint density at radius 1 is 1.38 bits per heavy atom. The topological polar surface area (TPSA) is 39.7 Å². The van der Waals surface area contributed by atoms with Gasteiger partial charge >= 0.3 is 6.18 Å². The zero-order valence-corrected chi connectivity index (χ0v) is 15.7. The monoisotopic (exact) mass is 370 g/mol. The van der Waals surface area contributed by atoms with E-state index in [1.807, 2.05) is 13.8 Å². The molecule has 0 aromatic heterocycles. The van der Waals surface area contributed by atoms with Gasteiger partial charge in [0.2, 0.25) is 0 Å². The molecule has 4 nitrogen and oxygen atoms in total. The van der Waals surface area contributed by atoms with Crippen molar-refractivity contribution in [1.29, 1.82) is 0 Å². The summed E-state index contributed by atoms with van der Waals surface area (Å²) in [4.78, 5) is 6.97. The van der Waals surface area contributed by atoms with Crippen LogP contribution < -0.4 is 10.6 Å². The molecular weight excluding hydrogens is 341 g/mol. The molecule has 1 aliphatic rings. The van der Waals surface area contributed by atoms with Gasteiger partial charge in [-0.25, -0.2) is 0 Å². The Bertz CT molecular complexity index is 601. The van der Waals surface area contributed by atoms with Gasteiger partial charge in [-0.3, -0.25) is 4.99 Å². The van der Waals surface area contributed by atoms with Crippen LogP contribution in [0.4, 0.5) is 13.2 Å². The van der Waals surface area contributed by atoms with Crippen molar-refractivity contribution >= 4 is 5.96 Å². The SMILES string of the molecule is CCNC(=NCC1CCCN(C)C1)NC(C)c1cccc(C(F)(F)F)c1. The number of piperidine rings is 1. The van der Waals surface area contributed by atoms with Gasteiger partial charge < -0.3 is 15.5 Å². The highest BCUT2D eigenvalue weighted by Gasteiger charge is 2.30. The molecule has 1 fully saturated rings. The molecule has 2 rings (SSSR count). The number of benzene rings is 1. The first-order valence-electron chi connectivity index (χ1n) is 9.20. The number of aliphatic imine (C=N–C) groups is 1. The van der Waals surface area contributed by atoms with Crippen molar-refractivity contribution in [1.82, 2.24) is 15.5 Å². The van der Waals surface area contributed by atoms with Crippen molar-refractivity contribution in [2.75, 3.05) is 33.2 Å². The van der Waals surface area contributed by atoms with Crippen molar-refractivity contribution in [2.45, 2.75) is 38.9 Å². The van der Waals surface area contributed by atoms with Gasteiger partial charge in [-0.1, -0.05) is 12.1 Å². The van der Waals surface area contributed by atoms with Crippen LogP contribution in [-0.2, 0) is 6.18 Å². The van der Waals surface area contributed by atoms with E-state index in [9.17, 15) is 13.2 Å². The lowest BCUT2D eigenvalue weighted by Crippen LogP contribution is -2.40. The fraction of sp³-hybridized carbons (Fsp3) is 0.632. The molecule has 0 saturated carbocycles. The van der Waals surface area contributed by atoms with Gasteiger partial charge in [-0.05, 0) is 63.9 Å². The van der Waals surface area contributed by atoms with Crippen molar-refractivity contribution in [3.8, 4) is 0 Å². The largest absolute Gasteiger partial charge is 0.416 e. The average Bonchev–Trinajstić information content (AvgIpc) is 2.59. The van der Waals surface area contributed by atoms with Crippen molar-refractivity contribution < 1.29 is 13.2 Å². The Labute approximate surface area is 153 Å². The lowest BCUT2D eigenvalue weighted by molar-refractivity contribution is -0.137. The maximum absolute atomic E-state index is 12.9. The van der Waals surface area contributed by atoms with E-state index in [1.54, 1.807) is 6.07 Å². The molecule has 26 heavy (non-hydrogen) atoms. The van der Waals surface area contributed by atoms with E-state index in [-0.39, 0.29) is 6.04 Å². The third kappa shape index (κ3) is 6.20. The third-order valence-corrected chi connectivity index (χ3v) is 4.64. The molecule has 0 bridgehead atoms. The van der Waals surface area contributed by atoms with Crippen molar-refractivity contribution in [2.24, 2.45) is 10.9 Å². The Morgan fingerprint density at radius 3 is 2.81 bits per heavy atom. The summed E-state index contributed by atoms with van der Waals surface area (Å²) < 4.78 is 38.7. The van der Waals surface area contributed by atoms with Gasteiger partial charge in [-0.2, -0.15) is 13.2 Å². The van der Waals surface area contributed by atoms with Crippen molar-refractivity contribution in [3.63, 3.8) is 0 Å². The van der Waals surface area contributed by atoms with Crippen LogP contribution >= 0.6 is 0 Å². The summed E-state index contributed by atoms with van der Waals surface area (Å²) in [7, 11) is 2.12. The number of hydrogen-bond acceptors (Lipinski definition) is 2. The Kier molecular flexibility index (Phi) is 7.32. The summed E-state index contributed by atoms with van der Waals surface area (Å²) in [5.74, 6) is 1.17. The van der Waals surface area contributed by atoms with Gasteiger partial charge in [0.05, 0.1) is 11.6 Å². The van der Waals surface area contributed by atoms with Crippen LogP contribution in [0.3, 0.4) is 0 Å². The Morgan fingerprint density at radius 2 is 2.15 bits per heavy atom. The normalized spacial score (nSPS) is 20.7. The van der Waals surface area contributed by atoms with Crippen LogP contribution in [0.1, 0.15) is 43.9 Å². The van der Waals surface area contributed by atoms with Gasteiger partial charge in [0.15, 0.2) is 5.96 Å². The molecular formula is C19H29F3N4. The number of likely N-dealkylation sites (tertiary alicyclic amines) is 1. The molecule has 1 saturated heterocycles. The lowest BCUT2D eigenvalue weighted by atomic mass is 9.99. The highest BCUT2D eigenvalue weighted by molar-refractivity contribution is 5.80. The molecule has 1 aliphatic heterocycles. The molecule has 0 amide bonds. The molecule has 2 atom stereocenters. The molecule has 2 unspecified atom stereocenters. The number of hydrogen-bond donors (Lipinski definition) is 2. The summed E-state index contributed by atoms with van der Waals surface area (Å²) in [5, 5.41) is 6.40. The van der Waals surface area contributed by atoms with E-state index < -0.39 is 11.7 Å². The van der Waals surface area contributed by atoms with Crippen LogP contribution in [0, 0.1) is 5.92 Å². The van der Waals surface area contributed by atoms with Crippen LogP contribution in [0.25, 0.3) is 0 Å². The molecule has 146 valence electrons. The lowest BCUT2D eigenvalue weighted by Gasteiger charge is -2.29. The average molecular weight is 370 g/mol. The molecule has 0 aliphatic carbocycles. The smallest absolute Gasteiger partial charge is 0.357 e. The molecule has 2 N–H and O–H groups in total. The number of halogens is 3. The molecule has 1 heterocycles. The standard InChI is InChI=1S/C19H29F3N4/c1-4-23-18(24-12-15-7-6-10-26(3)13-15)25-14(2)16-8-5-9-17(11-16)19(20,21)22/h5,8-9,11,14-15H,4,6-7,10,12-13H2,1-3H3,(H2,23,24,25). The van der Waals surface area contributed by atoms with Crippen LogP contribution in [0.15, 0.2) is 29.3 Å². The number of alkyl halides is 3. The van der Waals surface area contributed by atoms with Gasteiger partial charge in [0.1, 0.15) is 0 Å². The maximum atomic E-state index is 12.9. The van der Waals surface area contributed by atoms with E-state index in [1.165, 1.54) is 18.6 Å². The van der Waals surface area contributed by atoms with E-state index in [2.05, 4.69) is 27.6 Å². The first-order valence-corrected chi connectivity index (χ1v) is 9.20. The minimum Gasteiger partial charge on any atom is -0.357 e. The van der Waals surface area contributed by atoms with Gasteiger partial charge in [0, 0.05) is 19.6 Å². The first-order chi connectivity index (χ1) is 12.3. The summed E-state index contributed by atoms with van der Waals surface area (Å²) in [6.07, 6.45) is -1.99. The zero-order chi connectivity index (χ0) is 19.2. The molecule has 0 radical (unpaired) electrons. The number of rotatable bonds is 5. The van der Waals surface area contributed by atoms with E-state index >= 15 is 0 Å². The Balaban J connectivity index is 2.03. The second-order valence-corrected chi connectivity index (χ2v) is 6.98. The number of nitrogens with one attached hydrogen (secondary N) is 2. The maximum Gasteiger partial charge on any atom is 0.416 e. The summed E-state index contributed by atoms with van der Waals surface area (Å²) in [6.45, 7) is 7.40. The van der Waals surface area contributed by atoms with Crippen LogP contribution in [0.2, 0.25) is 0 Å². The predicted molar refractivity (Wildman–Crippen MR) is 99.2 cm³/mol. The van der Waals surface area contributed by atoms with E-state index in [0.717, 1.165) is 32.1 Å². The Hall–Kier alpha value is -1.76. The van der Waals surface area contributed by atoms with E-state index in [0.29, 0.717) is 24.0 Å². The second-order valence-electron chi connectivity index (χ2n) is 6.98. The van der Waals surface area contributed by atoms with Crippen LogP contribution in [0.5, 0.6) is 0 Å².